The normalized spacial score (nSPS) is 19.4. The maximum atomic E-state index is 10.5. The molecule has 0 amide bonds. The third kappa shape index (κ3) is 11.9. The molecule has 222 valence electrons. The van der Waals surface area contributed by atoms with Crippen molar-refractivity contribution in [2.45, 2.75) is 95.6 Å². The monoisotopic (exact) mass is 554 g/mol. The lowest BCUT2D eigenvalue weighted by atomic mass is 10.1. The molecule has 4 rings (SSSR count). The second kappa shape index (κ2) is 18.8. The molecule has 2 aliphatic rings. The van der Waals surface area contributed by atoms with E-state index in [4.69, 9.17) is 19.3 Å². The first-order chi connectivity index (χ1) is 19.6. The Hall–Kier alpha value is -2.48. The van der Waals surface area contributed by atoms with Crippen LogP contribution in [-0.4, -0.2) is 55.6 Å². The summed E-state index contributed by atoms with van der Waals surface area (Å²) in [7, 11) is 1.75. The van der Waals surface area contributed by atoms with E-state index >= 15 is 0 Å². The predicted octanol–water partition coefficient (Wildman–Crippen LogP) is 6.93. The largest absolute Gasteiger partial charge is 0.481 e. The number of carboxylic acid groups (broad SMARTS) is 1. The quantitative estimate of drug-likeness (QED) is 0.205. The van der Waals surface area contributed by atoms with Crippen molar-refractivity contribution in [1.82, 2.24) is 10.3 Å². The number of aliphatic carboxylic acids is 1. The summed E-state index contributed by atoms with van der Waals surface area (Å²) in [5, 5.41) is 12.3. The van der Waals surface area contributed by atoms with Crippen LogP contribution in [0.2, 0.25) is 0 Å². The Bertz CT molecular complexity index is 934. The van der Waals surface area contributed by atoms with Gasteiger partial charge in [0.15, 0.2) is 0 Å². The number of benzene rings is 1. The van der Waals surface area contributed by atoms with Crippen LogP contribution in [-0.2, 0) is 14.3 Å². The van der Waals surface area contributed by atoms with Crippen LogP contribution in [0.5, 0.6) is 5.88 Å². The Morgan fingerprint density at radius 2 is 1.73 bits per heavy atom. The first kappa shape index (κ1) is 32.0. The molecule has 1 saturated carbocycles. The first-order valence-corrected chi connectivity index (χ1v) is 15.3. The van der Waals surface area contributed by atoms with E-state index in [-0.39, 0.29) is 24.0 Å². The maximum absolute atomic E-state index is 10.5. The smallest absolute Gasteiger partial charge is 0.307 e. The molecule has 2 aromatic rings. The predicted molar refractivity (Wildman–Crippen MR) is 159 cm³/mol. The van der Waals surface area contributed by atoms with Gasteiger partial charge in [-0.2, -0.15) is 0 Å². The molecular weight excluding hydrogens is 504 g/mol. The third-order valence-electron chi connectivity index (χ3n) is 7.71. The molecule has 1 aromatic carbocycles. The summed E-state index contributed by atoms with van der Waals surface area (Å²) >= 11 is 0. The van der Waals surface area contributed by atoms with E-state index in [1.54, 1.807) is 7.11 Å². The number of aromatic nitrogens is 1. The minimum atomic E-state index is -0.663. The lowest BCUT2D eigenvalue weighted by molar-refractivity contribution is -0.138. The SMILES string of the molecule is CCCCCCCCCCN[C@@H](COC)c1ccc(OC2CCOCC2)nc1.O=C(O)[C@H]1C[C@@H]1c1ccccc1. The van der Waals surface area contributed by atoms with Gasteiger partial charge in [-0.1, -0.05) is 88.3 Å². The summed E-state index contributed by atoms with van der Waals surface area (Å²) in [4.78, 5) is 15.1. The van der Waals surface area contributed by atoms with E-state index in [2.05, 4.69) is 23.3 Å². The van der Waals surface area contributed by atoms with Gasteiger partial charge in [0.2, 0.25) is 5.88 Å². The van der Waals surface area contributed by atoms with Crippen molar-refractivity contribution in [3.05, 3.63) is 59.8 Å². The van der Waals surface area contributed by atoms with E-state index in [9.17, 15) is 4.79 Å². The van der Waals surface area contributed by atoms with Gasteiger partial charge < -0.3 is 24.6 Å². The molecule has 7 heteroatoms. The Morgan fingerprint density at radius 3 is 2.33 bits per heavy atom. The van der Waals surface area contributed by atoms with E-state index < -0.39 is 5.97 Å². The van der Waals surface area contributed by atoms with E-state index in [1.807, 2.05) is 42.6 Å². The molecule has 1 saturated heterocycles. The van der Waals surface area contributed by atoms with Crippen molar-refractivity contribution < 1.29 is 24.1 Å². The molecule has 3 atom stereocenters. The second-order valence-electron chi connectivity index (χ2n) is 11.0. The number of carbonyl (C=O) groups is 1. The molecule has 2 fully saturated rings. The highest BCUT2D eigenvalue weighted by Gasteiger charge is 2.43. The number of hydrogen-bond donors (Lipinski definition) is 2. The zero-order chi connectivity index (χ0) is 28.4. The molecule has 0 spiro atoms. The minimum Gasteiger partial charge on any atom is -0.481 e. The Balaban J connectivity index is 0.000000302. The van der Waals surface area contributed by atoms with Crippen LogP contribution >= 0.6 is 0 Å². The van der Waals surface area contributed by atoms with Crippen molar-refractivity contribution in [1.29, 1.82) is 0 Å². The average Bonchev–Trinajstić information content (AvgIpc) is 3.79. The number of carboxylic acids is 1. The zero-order valence-electron chi connectivity index (χ0n) is 24.6. The van der Waals surface area contributed by atoms with Crippen molar-refractivity contribution in [2.24, 2.45) is 5.92 Å². The van der Waals surface area contributed by atoms with Gasteiger partial charge in [-0.3, -0.25) is 4.79 Å². The number of nitrogens with one attached hydrogen (secondary N) is 1. The fourth-order valence-electron chi connectivity index (χ4n) is 5.14. The Kier molecular flexibility index (Phi) is 15.1. The average molecular weight is 555 g/mol. The van der Waals surface area contributed by atoms with Crippen LogP contribution in [0.4, 0.5) is 0 Å². The third-order valence-corrected chi connectivity index (χ3v) is 7.71. The van der Waals surface area contributed by atoms with Crippen LogP contribution in [0.15, 0.2) is 48.7 Å². The summed E-state index contributed by atoms with van der Waals surface area (Å²) in [5.41, 5.74) is 2.31. The Morgan fingerprint density at radius 1 is 1.02 bits per heavy atom. The minimum absolute atomic E-state index is 0.132. The molecule has 2 heterocycles. The van der Waals surface area contributed by atoms with E-state index in [0.717, 1.165) is 50.1 Å². The number of unbranched alkanes of at least 4 members (excludes halogenated alkanes) is 7. The lowest BCUT2D eigenvalue weighted by Gasteiger charge is -2.23. The number of pyridine rings is 1. The zero-order valence-corrected chi connectivity index (χ0v) is 24.6. The van der Waals surface area contributed by atoms with Crippen LogP contribution in [0.1, 0.15) is 101 Å². The molecule has 0 unspecified atom stereocenters. The topological polar surface area (TPSA) is 89.9 Å². The number of methoxy groups -OCH3 is 1. The van der Waals surface area contributed by atoms with Crippen molar-refractivity contribution in [3.63, 3.8) is 0 Å². The van der Waals surface area contributed by atoms with Gasteiger partial charge in [-0.05, 0) is 36.4 Å². The van der Waals surface area contributed by atoms with Crippen LogP contribution in [0.25, 0.3) is 0 Å². The molecule has 0 radical (unpaired) electrons. The Labute approximate surface area is 241 Å². The standard InChI is InChI=1S/C23H40N2O3.C10H10O2/c1-3-4-5-6-7-8-9-10-15-24-22(19-26-2)20-11-12-23(25-18-20)28-21-13-16-27-17-14-21;11-10(12)9-6-8(9)7-4-2-1-3-5-7/h11-12,18,21-22,24H,3-10,13-17,19H2,1-2H3;1-5,8-9H,6H2,(H,11,12)/t22-;8-,9+/m01/s1. The summed E-state index contributed by atoms with van der Waals surface area (Å²) in [6.45, 7) is 5.50. The fourth-order valence-corrected chi connectivity index (χ4v) is 5.14. The number of ether oxygens (including phenoxy) is 3. The van der Waals surface area contributed by atoms with Gasteiger partial charge in [0, 0.05) is 32.2 Å². The van der Waals surface area contributed by atoms with Crippen LogP contribution < -0.4 is 10.1 Å². The van der Waals surface area contributed by atoms with Gasteiger partial charge in [0.05, 0.1) is 31.8 Å². The number of hydrogen-bond acceptors (Lipinski definition) is 6. The van der Waals surface area contributed by atoms with Gasteiger partial charge in [0.1, 0.15) is 6.10 Å². The van der Waals surface area contributed by atoms with Crippen LogP contribution in [0, 0.1) is 5.92 Å². The van der Waals surface area contributed by atoms with Gasteiger partial charge in [0.25, 0.3) is 0 Å². The van der Waals surface area contributed by atoms with E-state index in [1.165, 1.54) is 51.4 Å². The highest BCUT2D eigenvalue weighted by Crippen LogP contribution is 2.47. The summed E-state index contributed by atoms with van der Waals surface area (Å²) in [6, 6.07) is 14.1. The summed E-state index contributed by atoms with van der Waals surface area (Å²) in [5.74, 6) is 0.176. The van der Waals surface area contributed by atoms with Crippen molar-refractivity contribution in [2.75, 3.05) is 33.5 Å². The highest BCUT2D eigenvalue weighted by atomic mass is 16.5. The highest BCUT2D eigenvalue weighted by molar-refractivity contribution is 5.75. The molecule has 40 heavy (non-hydrogen) atoms. The van der Waals surface area contributed by atoms with Crippen molar-refractivity contribution >= 4 is 5.97 Å². The van der Waals surface area contributed by atoms with Gasteiger partial charge in [-0.25, -0.2) is 4.98 Å². The molecule has 1 aliphatic carbocycles. The first-order valence-electron chi connectivity index (χ1n) is 15.3. The van der Waals surface area contributed by atoms with Crippen LogP contribution in [0.3, 0.4) is 0 Å². The second-order valence-corrected chi connectivity index (χ2v) is 11.0. The molecular formula is C33H50N2O5. The lowest BCUT2D eigenvalue weighted by Crippen LogP contribution is -2.27. The number of nitrogens with zero attached hydrogens (tertiary/aromatic N) is 1. The van der Waals surface area contributed by atoms with Crippen molar-refractivity contribution in [3.8, 4) is 5.88 Å². The van der Waals surface area contributed by atoms with Gasteiger partial charge >= 0.3 is 5.97 Å². The molecule has 0 bridgehead atoms. The summed E-state index contributed by atoms with van der Waals surface area (Å²) < 4.78 is 16.8. The molecule has 1 aliphatic heterocycles. The number of rotatable bonds is 17. The molecule has 1 aromatic heterocycles. The molecule has 7 nitrogen and oxygen atoms in total. The summed E-state index contributed by atoms with van der Waals surface area (Å²) in [6.07, 6.45) is 15.6. The fraction of sp³-hybridized carbons (Fsp3) is 0.636. The van der Waals surface area contributed by atoms with Gasteiger partial charge in [-0.15, -0.1) is 0 Å². The maximum Gasteiger partial charge on any atom is 0.307 e. The van der Waals surface area contributed by atoms with E-state index in [0.29, 0.717) is 12.5 Å². The molecule has 2 N–H and O–H groups in total.